The van der Waals surface area contributed by atoms with Crippen molar-refractivity contribution in [2.24, 2.45) is 0 Å². The molecule has 0 spiro atoms. The van der Waals surface area contributed by atoms with Gasteiger partial charge in [0.15, 0.2) is 16.6 Å². The Hall–Kier alpha value is 1.56. The largest absolute Gasteiger partial charge is 0.416 e. The highest BCUT2D eigenvalue weighted by Gasteiger charge is 2.27. The minimum absolute atomic E-state index is 0.267. The first kappa shape index (κ1) is 17.6. The normalized spacial score (nSPS) is 17.2. The zero-order valence-electron chi connectivity index (χ0n) is 11.1. The van der Waals surface area contributed by atoms with Crippen LogP contribution in [0.1, 0.15) is 0 Å². The minimum Gasteiger partial charge on any atom is -0.416 e. The third-order valence-corrected chi connectivity index (χ3v) is 5.50. The molecule has 0 aliphatic carbocycles. The monoisotopic (exact) mass is 438 g/mol. The van der Waals surface area contributed by atoms with Crippen molar-refractivity contribution in [1.29, 1.82) is 0 Å². The molecule has 0 aromatic carbocycles. The highest BCUT2D eigenvalue weighted by molar-refractivity contribution is 14.1. The summed E-state index contributed by atoms with van der Waals surface area (Å²) >= 11 is 6.09. The zero-order chi connectivity index (χ0) is 13.0. The molecule has 0 aliphatic rings. The molecule has 0 bridgehead atoms. The SMILES string of the molecule is C[Si](C)(C)OCC(Br)C(CI)O[Si](C)(C)C. The molecule has 0 rings (SSSR count). The summed E-state index contributed by atoms with van der Waals surface area (Å²) in [7, 11) is -2.87. The summed E-state index contributed by atoms with van der Waals surface area (Å²) in [5, 5.41) is 0. The smallest absolute Gasteiger partial charge is 0.184 e. The van der Waals surface area contributed by atoms with E-state index in [-0.39, 0.29) is 6.10 Å². The Morgan fingerprint density at radius 2 is 1.56 bits per heavy atom. The van der Waals surface area contributed by atoms with E-state index in [9.17, 15) is 0 Å². The fraction of sp³-hybridized carbons (Fsp3) is 1.00. The van der Waals surface area contributed by atoms with Crippen molar-refractivity contribution in [3.63, 3.8) is 0 Å². The lowest BCUT2D eigenvalue weighted by molar-refractivity contribution is 0.185. The van der Waals surface area contributed by atoms with E-state index in [1.54, 1.807) is 0 Å². The van der Waals surface area contributed by atoms with E-state index in [1.807, 2.05) is 0 Å². The minimum atomic E-state index is -1.46. The molecule has 0 saturated heterocycles. The lowest BCUT2D eigenvalue weighted by Gasteiger charge is -2.30. The van der Waals surface area contributed by atoms with Gasteiger partial charge in [-0.25, -0.2) is 0 Å². The van der Waals surface area contributed by atoms with Gasteiger partial charge in [-0.1, -0.05) is 38.5 Å². The predicted molar refractivity (Wildman–Crippen MR) is 89.1 cm³/mol. The van der Waals surface area contributed by atoms with Crippen LogP contribution in [0.5, 0.6) is 0 Å². The first-order valence-electron chi connectivity index (χ1n) is 5.57. The summed E-state index contributed by atoms with van der Waals surface area (Å²) < 4.78 is 13.1. The Morgan fingerprint density at radius 3 is 1.88 bits per heavy atom. The van der Waals surface area contributed by atoms with E-state index in [0.29, 0.717) is 4.83 Å². The second-order valence-electron chi connectivity index (χ2n) is 5.86. The average molecular weight is 439 g/mol. The van der Waals surface area contributed by atoms with E-state index in [4.69, 9.17) is 8.85 Å². The summed E-state index contributed by atoms with van der Waals surface area (Å²) in [5.41, 5.74) is 0. The Labute approximate surface area is 124 Å². The molecule has 2 atom stereocenters. The number of hydrogen-bond donors (Lipinski definition) is 0. The molecule has 0 aliphatic heterocycles. The lowest BCUT2D eigenvalue weighted by atomic mass is 10.3. The van der Waals surface area contributed by atoms with Crippen LogP contribution in [0.15, 0.2) is 0 Å². The van der Waals surface area contributed by atoms with E-state index in [0.717, 1.165) is 11.0 Å². The fourth-order valence-electron chi connectivity index (χ4n) is 1.09. The maximum absolute atomic E-state index is 6.13. The van der Waals surface area contributed by atoms with E-state index < -0.39 is 16.6 Å². The summed E-state index contributed by atoms with van der Waals surface area (Å²) in [6.07, 6.45) is 0.267. The molecule has 0 saturated carbocycles. The summed E-state index contributed by atoms with van der Waals surface area (Å²) in [4.78, 5) is 0.308. The van der Waals surface area contributed by atoms with Gasteiger partial charge in [-0.2, -0.15) is 0 Å². The number of rotatable bonds is 7. The van der Waals surface area contributed by atoms with Crippen LogP contribution >= 0.6 is 38.5 Å². The third-order valence-electron chi connectivity index (χ3n) is 1.74. The molecular weight excluding hydrogens is 415 g/mol. The topological polar surface area (TPSA) is 18.5 Å². The first-order valence-corrected chi connectivity index (χ1v) is 14.8. The fourth-order valence-corrected chi connectivity index (χ4v) is 5.63. The van der Waals surface area contributed by atoms with Crippen molar-refractivity contribution in [3.8, 4) is 0 Å². The van der Waals surface area contributed by atoms with Gasteiger partial charge in [0.05, 0.1) is 10.9 Å². The predicted octanol–water partition coefficient (Wildman–Crippen LogP) is 4.26. The van der Waals surface area contributed by atoms with Gasteiger partial charge in [0, 0.05) is 11.0 Å². The van der Waals surface area contributed by atoms with Gasteiger partial charge in [-0.05, 0) is 39.3 Å². The van der Waals surface area contributed by atoms with E-state index in [1.165, 1.54) is 0 Å². The molecule has 0 heterocycles. The highest BCUT2D eigenvalue weighted by atomic mass is 127. The van der Waals surface area contributed by atoms with Crippen molar-refractivity contribution in [2.75, 3.05) is 11.0 Å². The molecule has 98 valence electrons. The van der Waals surface area contributed by atoms with Crippen molar-refractivity contribution in [3.05, 3.63) is 0 Å². The Morgan fingerprint density at radius 1 is 1.06 bits per heavy atom. The lowest BCUT2D eigenvalue weighted by Crippen LogP contribution is -2.41. The molecule has 2 unspecified atom stereocenters. The maximum Gasteiger partial charge on any atom is 0.184 e. The van der Waals surface area contributed by atoms with Crippen LogP contribution in [0.4, 0.5) is 0 Å². The Kier molecular flexibility index (Phi) is 7.93. The van der Waals surface area contributed by atoms with E-state index >= 15 is 0 Å². The zero-order valence-corrected chi connectivity index (χ0v) is 16.9. The maximum atomic E-state index is 6.13. The van der Waals surface area contributed by atoms with Crippen molar-refractivity contribution in [1.82, 2.24) is 0 Å². The molecule has 0 aromatic rings. The second-order valence-corrected chi connectivity index (χ2v) is 16.9. The van der Waals surface area contributed by atoms with Gasteiger partial charge in [0.25, 0.3) is 0 Å². The van der Waals surface area contributed by atoms with Crippen LogP contribution in [0, 0.1) is 0 Å². The molecule has 2 nitrogen and oxygen atoms in total. The van der Waals surface area contributed by atoms with Gasteiger partial charge >= 0.3 is 0 Å². The van der Waals surface area contributed by atoms with Crippen LogP contribution in [0.2, 0.25) is 39.3 Å². The average Bonchev–Trinajstić information content (AvgIpc) is 2.07. The standard InChI is InChI=1S/C10H24BrIO2Si2/c1-15(2,3)13-8-9(11)10(7-12)14-16(4,5)6/h9-10H,7-8H2,1-6H3. The van der Waals surface area contributed by atoms with Crippen molar-refractivity contribution < 1.29 is 8.85 Å². The van der Waals surface area contributed by atoms with Crippen LogP contribution < -0.4 is 0 Å². The molecule has 0 N–H and O–H groups in total. The van der Waals surface area contributed by atoms with Crippen molar-refractivity contribution in [2.45, 2.75) is 50.2 Å². The van der Waals surface area contributed by atoms with E-state index in [2.05, 4.69) is 77.8 Å². The van der Waals surface area contributed by atoms with Crippen LogP contribution in [-0.2, 0) is 8.85 Å². The van der Waals surface area contributed by atoms with Crippen LogP contribution in [-0.4, -0.2) is 38.6 Å². The second kappa shape index (κ2) is 7.23. The van der Waals surface area contributed by atoms with Gasteiger partial charge in [-0.3, -0.25) is 0 Å². The molecule has 0 amide bonds. The number of hydrogen-bond acceptors (Lipinski definition) is 2. The van der Waals surface area contributed by atoms with Gasteiger partial charge in [-0.15, -0.1) is 0 Å². The summed E-state index contributed by atoms with van der Waals surface area (Å²) in [6.45, 7) is 14.1. The molecule has 0 radical (unpaired) electrons. The number of alkyl halides is 2. The Bertz CT molecular complexity index is 204. The van der Waals surface area contributed by atoms with Crippen molar-refractivity contribution >= 4 is 55.2 Å². The summed E-state index contributed by atoms with van der Waals surface area (Å²) in [6, 6.07) is 0. The van der Waals surface area contributed by atoms with Gasteiger partial charge < -0.3 is 8.85 Å². The molecule has 0 aromatic heterocycles. The molecule has 6 heteroatoms. The van der Waals surface area contributed by atoms with Gasteiger partial charge in [0.2, 0.25) is 0 Å². The van der Waals surface area contributed by atoms with Crippen LogP contribution in [0.25, 0.3) is 0 Å². The third kappa shape index (κ3) is 9.58. The number of halogens is 2. The quantitative estimate of drug-likeness (QED) is 0.336. The molecule has 0 fully saturated rings. The highest BCUT2D eigenvalue weighted by Crippen LogP contribution is 2.19. The first-order chi connectivity index (χ1) is 7.05. The Balaban J connectivity index is 4.16. The molecular formula is C10H24BrIO2Si2. The van der Waals surface area contributed by atoms with Gasteiger partial charge in [0.1, 0.15) is 0 Å². The molecule has 16 heavy (non-hydrogen) atoms. The van der Waals surface area contributed by atoms with Crippen LogP contribution in [0.3, 0.4) is 0 Å². The summed E-state index contributed by atoms with van der Waals surface area (Å²) in [5.74, 6) is 0.